The fraction of sp³-hybridized carbons (Fsp3) is 0.250. The Labute approximate surface area is 152 Å². The lowest BCUT2D eigenvalue weighted by atomic mass is 10.1. The highest BCUT2D eigenvalue weighted by atomic mass is 32.2. The number of amides is 1. The highest BCUT2D eigenvalue weighted by Gasteiger charge is 2.34. The number of primary sulfonamides is 1. The van der Waals surface area contributed by atoms with Crippen LogP contribution in [0.3, 0.4) is 0 Å². The average molecular weight is 403 g/mol. The summed E-state index contributed by atoms with van der Waals surface area (Å²) in [7, 11) is -3.79. The van der Waals surface area contributed by atoms with Crippen LogP contribution >= 0.6 is 0 Å². The van der Waals surface area contributed by atoms with E-state index in [9.17, 15) is 31.2 Å². The molecule has 0 aliphatic rings. The van der Waals surface area contributed by atoms with Crippen molar-refractivity contribution < 1.29 is 26.4 Å². The van der Waals surface area contributed by atoms with Gasteiger partial charge in [-0.05, 0) is 36.2 Å². The third-order valence-corrected chi connectivity index (χ3v) is 4.56. The van der Waals surface area contributed by atoms with Gasteiger partial charge in [0.05, 0.1) is 4.90 Å². The monoisotopic (exact) mass is 403 g/mol. The number of nitrogens with one attached hydrogen (secondary N) is 1. The molecule has 27 heavy (non-hydrogen) atoms. The fourth-order valence-corrected chi connectivity index (χ4v) is 2.80. The molecule has 1 amide bonds. The van der Waals surface area contributed by atoms with Gasteiger partial charge in [0.15, 0.2) is 0 Å². The van der Waals surface area contributed by atoms with Gasteiger partial charge in [0.1, 0.15) is 12.1 Å². The number of hydrogen-bond acceptors (Lipinski definition) is 4. The maximum Gasteiger partial charge on any atom is 0.421 e. The number of benzene rings is 1. The lowest BCUT2D eigenvalue weighted by Crippen LogP contribution is -2.35. The van der Waals surface area contributed by atoms with Gasteiger partial charge in [-0.1, -0.05) is 12.1 Å². The van der Waals surface area contributed by atoms with Gasteiger partial charge in [0.25, 0.3) is 5.56 Å². The zero-order chi connectivity index (χ0) is 20.2. The van der Waals surface area contributed by atoms with E-state index < -0.39 is 39.8 Å². The molecule has 0 atom stereocenters. The summed E-state index contributed by atoms with van der Waals surface area (Å²) in [6, 6.07) is 7.42. The molecule has 0 saturated heterocycles. The molecule has 11 heteroatoms. The first-order valence-electron chi connectivity index (χ1n) is 7.63. The summed E-state index contributed by atoms with van der Waals surface area (Å²) in [6.07, 6.45) is -3.34. The number of carbonyl (C=O) groups excluding carboxylic acids is 1. The number of carbonyl (C=O) groups is 1. The fourth-order valence-electron chi connectivity index (χ4n) is 2.28. The molecule has 1 aromatic carbocycles. The zero-order valence-corrected chi connectivity index (χ0v) is 14.7. The van der Waals surface area contributed by atoms with Gasteiger partial charge in [0.2, 0.25) is 15.9 Å². The summed E-state index contributed by atoms with van der Waals surface area (Å²) in [5, 5.41) is 7.47. The quantitative estimate of drug-likeness (QED) is 0.746. The van der Waals surface area contributed by atoms with E-state index in [0.29, 0.717) is 17.1 Å². The van der Waals surface area contributed by atoms with Crippen LogP contribution in [0.15, 0.2) is 52.3 Å². The van der Waals surface area contributed by atoms with Crippen molar-refractivity contribution in [2.45, 2.75) is 24.0 Å². The Bertz CT molecular complexity index is 983. The van der Waals surface area contributed by atoms with Crippen LogP contribution in [0, 0.1) is 0 Å². The van der Waals surface area contributed by atoms with E-state index >= 15 is 0 Å². The number of rotatable bonds is 6. The second kappa shape index (κ2) is 7.92. The van der Waals surface area contributed by atoms with Crippen molar-refractivity contribution in [3.8, 4) is 0 Å². The summed E-state index contributed by atoms with van der Waals surface area (Å²) in [5.74, 6) is -0.627. The zero-order valence-electron chi connectivity index (χ0n) is 13.9. The van der Waals surface area contributed by atoms with E-state index in [-0.39, 0.29) is 11.4 Å². The van der Waals surface area contributed by atoms with Gasteiger partial charge in [-0.15, -0.1) is 0 Å². The topological polar surface area (TPSA) is 111 Å². The van der Waals surface area contributed by atoms with Crippen LogP contribution in [-0.2, 0) is 34.0 Å². The summed E-state index contributed by atoms with van der Waals surface area (Å²) in [6.45, 7) is -0.394. The molecule has 0 radical (unpaired) electrons. The van der Waals surface area contributed by atoms with Gasteiger partial charge in [-0.2, -0.15) is 13.2 Å². The molecule has 146 valence electrons. The molecular weight excluding hydrogens is 387 g/mol. The van der Waals surface area contributed by atoms with Gasteiger partial charge in [-0.3, -0.25) is 9.59 Å². The summed E-state index contributed by atoms with van der Waals surface area (Å²) < 4.78 is 61.1. The smallest absolute Gasteiger partial charge is 0.354 e. The van der Waals surface area contributed by atoms with E-state index in [2.05, 4.69) is 5.32 Å². The molecule has 2 aromatic rings. The van der Waals surface area contributed by atoms with Crippen LogP contribution in [0.2, 0.25) is 0 Å². The summed E-state index contributed by atoms with van der Waals surface area (Å²) in [5.41, 5.74) is -1.91. The van der Waals surface area contributed by atoms with Crippen molar-refractivity contribution in [2.24, 2.45) is 5.14 Å². The Morgan fingerprint density at radius 2 is 1.78 bits per heavy atom. The third kappa shape index (κ3) is 5.66. The Balaban J connectivity index is 1.93. The minimum Gasteiger partial charge on any atom is -0.354 e. The van der Waals surface area contributed by atoms with Crippen LogP contribution < -0.4 is 16.0 Å². The SMILES string of the molecule is NS(=O)(=O)c1ccc(CCNC(=O)Cn2cccc(C(F)(F)F)c2=O)cc1. The minimum atomic E-state index is -4.79. The molecule has 0 aliphatic carbocycles. The molecule has 1 heterocycles. The predicted molar refractivity (Wildman–Crippen MR) is 90.2 cm³/mol. The van der Waals surface area contributed by atoms with Gasteiger partial charge >= 0.3 is 6.18 Å². The second-order valence-electron chi connectivity index (χ2n) is 5.64. The van der Waals surface area contributed by atoms with Crippen molar-refractivity contribution in [3.63, 3.8) is 0 Å². The Hall–Kier alpha value is -2.66. The van der Waals surface area contributed by atoms with Crippen molar-refractivity contribution in [1.29, 1.82) is 0 Å². The lowest BCUT2D eigenvalue weighted by molar-refractivity contribution is -0.139. The first kappa shape index (κ1) is 20.6. The molecule has 3 N–H and O–H groups in total. The van der Waals surface area contributed by atoms with Crippen molar-refractivity contribution >= 4 is 15.9 Å². The molecule has 0 saturated carbocycles. The number of sulfonamides is 1. The Morgan fingerprint density at radius 1 is 1.15 bits per heavy atom. The van der Waals surface area contributed by atoms with Gasteiger partial charge in [0, 0.05) is 12.7 Å². The number of hydrogen-bond donors (Lipinski definition) is 2. The maximum atomic E-state index is 12.7. The first-order valence-corrected chi connectivity index (χ1v) is 9.18. The summed E-state index contributed by atoms with van der Waals surface area (Å²) in [4.78, 5) is 23.6. The number of pyridine rings is 1. The number of aromatic nitrogens is 1. The highest BCUT2D eigenvalue weighted by molar-refractivity contribution is 7.89. The molecular formula is C16H16F3N3O4S. The van der Waals surface area contributed by atoms with E-state index in [1.54, 1.807) is 0 Å². The number of nitrogens with zero attached hydrogens (tertiary/aromatic N) is 1. The van der Waals surface area contributed by atoms with Crippen molar-refractivity contribution in [3.05, 3.63) is 64.1 Å². The van der Waals surface area contributed by atoms with E-state index in [0.717, 1.165) is 17.8 Å². The normalized spacial score (nSPS) is 12.0. The lowest BCUT2D eigenvalue weighted by Gasteiger charge is -2.10. The van der Waals surface area contributed by atoms with Gasteiger partial charge in [-0.25, -0.2) is 13.6 Å². The molecule has 0 fully saturated rings. The van der Waals surface area contributed by atoms with Crippen LogP contribution in [0.5, 0.6) is 0 Å². The molecule has 0 spiro atoms. The van der Waals surface area contributed by atoms with Crippen molar-refractivity contribution in [1.82, 2.24) is 9.88 Å². The predicted octanol–water partition coefficient (Wildman–Crippen LogP) is 0.873. The van der Waals surface area contributed by atoms with E-state index in [4.69, 9.17) is 5.14 Å². The van der Waals surface area contributed by atoms with Crippen LogP contribution in [-0.4, -0.2) is 25.4 Å². The number of halogens is 3. The van der Waals surface area contributed by atoms with E-state index in [1.165, 1.54) is 24.3 Å². The Morgan fingerprint density at radius 3 is 2.33 bits per heavy atom. The minimum absolute atomic E-state index is 0.0424. The Kier molecular flexibility index (Phi) is 6.06. The van der Waals surface area contributed by atoms with Crippen LogP contribution in [0.25, 0.3) is 0 Å². The molecule has 1 aromatic heterocycles. The first-order chi connectivity index (χ1) is 12.5. The third-order valence-electron chi connectivity index (χ3n) is 3.63. The number of nitrogens with two attached hydrogens (primary N) is 1. The average Bonchev–Trinajstić information content (AvgIpc) is 2.55. The molecule has 2 rings (SSSR count). The molecule has 0 aliphatic heterocycles. The molecule has 0 bridgehead atoms. The van der Waals surface area contributed by atoms with Crippen molar-refractivity contribution in [2.75, 3.05) is 6.54 Å². The highest BCUT2D eigenvalue weighted by Crippen LogP contribution is 2.25. The van der Waals surface area contributed by atoms with Crippen LogP contribution in [0.1, 0.15) is 11.1 Å². The maximum absolute atomic E-state index is 12.7. The number of alkyl halides is 3. The summed E-state index contributed by atoms with van der Waals surface area (Å²) >= 11 is 0. The molecule has 7 nitrogen and oxygen atoms in total. The van der Waals surface area contributed by atoms with Gasteiger partial charge < -0.3 is 9.88 Å². The van der Waals surface area contributed by atoms with Crippen LogP contribution in [0.4, 0.5) is 13.2 Å². The largest absolute Gasteiger partial charge is 0.421 e. The second-order valence-corrected chi connectivity index (χ2v) is 7.20. The molecule has 0 unspecified atom stereocenters. The van der Waals surface area contributed by atoms with E-state index in [1.807, 2.05) is 0 Å². The standard InChI is InChI=1S/C16H16F3N3O4S/c17-16(18,19)13-2-1-9-22(15(13)24)10-14(23)21-8-7-11-3-5-12(6-4-11)27(20,25)26/h1-6,9H,7-8,10H2,(H,21,23)(H2,20,25,26).